The molecular weight excluding hydrogens is 256 g/mol. The maximum absolute atomic E-state index is 10.8. The van der Waals surface area contributed by atoms with E-state index in [1.807, 2.05) is 91.0 Å². The van der Waals surface area contributed by atoms with Gasteiger partial charge in [0.15, 0.2) is 0 Å². The average Bonchev–Trinajstić information content (AvgIpc) is 2.58. The van der Waals surface area contributed by atoms with Crippen LogP contribution in [0.1, 0.15) is 16.7 Å². The fourth-order valence-corrected chi connectivity index (χ4v) is 2.39. The third-order valence-electron chi connectivity index (χ3n) is 3.41. The van der Waals surface area contributed by atoms with Gasteiger partial charge in [-0.15, -0.1) is 0 Å². The summed E-state index contributed by atoms with van der Waals surface area (Å²) >= 11 is 0. The highest BCUT2D eigenvalue weighted by atomic mass is 16.3. The molecule has 21 heavy (non-hydrogen) atoms. The largest absolute Gasteiger partial charge is 0.507 e. The molecule has 0 atom stereocenters. The Bertz CT molecular complexity index is 687. The summed E-state index contributed by atoms with van der Waals surface area (Å²) in [6, 6.07) is 29.6. The molecule has 0 aliphatic carbocycles. The summed E-state index contributed by atoms with van der Waals surface area (Å²) in [4.78, 5) is 0. The van der Waals surface area contributed by atoms with Crippen molar-refractivity contribution in [1.82, 2.24) is 0 Å². The van der Waals surface area contributed by atoms with Crippen molar-refractivity contribution in [1.29, 1.82) is 0 Å². The van der Waals surface area contributed by atoms with Crippen LogP contribution in [0.3, 0.4) is 0 Å². The zero-order chi connectivity index (χ0) is 14.5. The van der Waals surface area contributed by atoms with Gasteiger partial charge in [0.05, 0.1) is 0 Å². The minimum Gasteiger partial charge on any atom is -0.507 e. The molecule has 1 nitrogen and oxygen atoms in total. The van der Waals surface area contributed by atoms with Crippen LogP contribution in [0.2, 0.25) is 0 Å². The molecule has 0 unspecified atom stereocenters. The van der Waals surface area contributed by atoms with E-state index in [-0.39, 0.29) is 0 Å². The van der Waals surface area contributed by atoms with Gasteiger partial charge in [-0.05, 0) is 11.1 Å². The van der Waals surface area contributed by atoms with Gasteiger partial charge in [0, 0.05) is 11.1 Å². The first kappa shape index (κ1) is 13.2. The summed E-state index contributed by atoms with van der Waals surface area (Å²) in [6.07, 6.45) is 0. The normalized spacial score (nSPS) is 10.1. The lowest BCUT2D eigenvalue weighted by molar-refractivity contribution is 0.513. The molecule has 0 heterocycles. The lowest BCUT2D eigenvalue weighted by Crippen LogP contribution is -1.94. The fourth-order valence-electron chi connectivity index (χ4n) is 2.39. The van der Waals surface area contributed by atoms with E-state index in [1.54, 1.807) is 0 Å². The van der Waals surface area contributed by atoms with Crippen LogP contribution < -0.4 is 0 Å². The van der Waals surface area contributed by atoms with E-state index in [9.17, 15) is 5.11 Å². The van der Waals surface area contributed by atoms with E-state index >= 15 is 0 Å². The Morgan fingerprint density at radius 1 is 0.476 bits per heavy atom. The molecule has 0 aliphatic rings. The second kappa shape index (κ2) is 6.10. The van der Waals surface area contributed by atoms with Crippen LogP contribution in [0, 0.1) is 0 Å². The minimum atomic E-state index is 0.299. The van der Waals surface area contributed by atoms with Crippen molar-refractivity contribution in [3.8, 4) is 0 Å². The molecule has 0 spiro atoms. The van der Waals surface area contributed by atoms with Gasteiger partial charge < -0.3 is 5.11 Å². The number of hydrogen-bond donors (Lipinski definition) is 1. The zero-order valence-electron chi connectivity index (χ0n) is 11.6. The molecule has 0 amide bonds. The van der Waals surface area contributed by atoms with Crippen molar-refractivity contribution < 1.29 is 5.11 Å². The van der Waals surface area contributed by atoms with Crippen molar-refractivity contribution in [3.05, 3.63) is 108 Å². The van der Waals surface area contributed by atoms with Gasteiger partial charge in [0.25, 0.3) is 0 Å². The Labute approximate surface area is 124 Å². The van der Waals surface area contributed by atoms with Crippen molar-refractivity contribution >= 4 is 11.3 Å². The first-order chi connectivity index (χ1) is 10.4. The predicted molar refractivity (Wildman–Crippen MR) is 87.9 cm³/mol. The van der Waals surface area contributed by atoms with Crippen molar-refractivity contribution in [2.24, 2.45) is 0 Å². The fraction of sp³-hybridized carbons (Fsp3) is 0. The van der Waals surface area contributed by atoms with E-state index in [0.29, 0.717) is 5.76 Å². The highest BCUT2D eigenvalue weighted by molar-refractivity contribution is 5.95. The molecule has 3 rings (SSSR count). The Balaban J connectivity index is 2.22. The van der Waals surface area contributed by atoms with E-state index in [1.165, 1.54) is 0 Å². The Morgan fingerprint density at radius 2 is 0.810 bits per heavy atom. The molecule has 3 aromatic rings. The van der Waals surface area contributed by atoms with Crippen molar-refractivity contribution in [2.45, 2.75) is 0 Å². The molecular formula is C20H16O. The number of aliphatic hydroxyl groups excluding tert-OH is 1. The topological polar surface area (TPSA) is 20.2 Å². The third-order valence-corrected chi connectivity index (χ3v) is 3.41. The van der Waals surface area contributed by atoms with Gasteiger partial charge in [-0.1, -0.05) is 91.0 Å². The van der Waals surface area contributed by atoms with Crippen LogP contribution in [0.4, 0.5) is 0 Å². The molecule has 0 bridgehead atoms. The van der Waals surface area contributed by atoms with Crippen LogP contribution in [0.25, 0.3) is 11.3 Å². The molecule has 1 heteroatoms. The second-order valence-corrected chi connectivity index (χ2v) is 4.82. The van der Waals surface area contributed by atoms with E-state index in [2.05, 4.69) is 0 Å². The molecule has 0 fully saturated rings. The van der Waals surface area contributed by atoms with Gasteiger partial charge in [0.1, 0.15) is 5.76 Å². The summed E-state index contributed by atoms with van der Waals surface area (Å²) in [7, 11) is 0. The number of hydrogen-bond acceptors (Lipinski definition) is 1. The number of rotatable bonds is 3. The molecule has 1 N–H and O–H groups in total. The lowest BCUT2D eigenvalue weighted by atomic mass is 9.94. The lowest BCUT2D eigenvalue weighted by Gasteiger charge is -2.12. The molecule has 0 saturated carbocycles. The second-order valence-electron chi connectivity index (χ2n) is 4.82. The summed E-state index contributed by atoms with van der Waals surface area (Å²) in [6.45, 7) is 0. The molecule has 0 radical (unpaired) electrons. The molecule has 0 saturated heterocycles. The van der Waals surface area contributed by atoms with Crippen LogP contribution in [0.15, 0.2) is 91.0 Å². The standard InChI is InChI=1S/C20H16O/c21-20(18-14-8-3-9-15-18)19(16-10-4-1-5-11-16)17-12-6-2-7-13-17/h1-15,21H. The SMILES string of the molecule is OC(=C(c1ccccc1)c1ccccc1)c1ccccc1. The predicted octanol–water partition coefficient (Wildman–Crippen LogP) is 5.16. The van der Waals surface area contributed by atoms with Crippen LogP contribution in [-0.4, -0.2) is 5.11 Å². The smallest absolute Gasteiger partial charge is 0.131 e. The molecule has 3 aromatic carbocycles. The summed E-state index contributed by atoms with van der Waals surface area (Å²) in [5.74, 6) is 0.299. The summed E-state index contributed by atoms with van der Waals surface area (Å²) in [5, 5.41) is 10.8. The first-order valence-electron chi connectivity index (χ1n) is 6.96. The quantitative estimate of drug-likeness (QED) is 0.515. The van der Waals surface area contributed by atoms with Gasteiger partial charge in [0.2, 0.25) is 0 Å². The number of benzene rings is 3. The third kappa shape index (κ3) is 2.87. The van der Waals surface area contributed by atoms with E-state index in [4.69, 9.17) is 0 Å². The Hall–Kier alpha value is -2.80. The molecule has 0 aliphatic heterocycles. The zero-order valence-corrected chi connectivity index (χ0v) is 11.6. The van der Waals surface area contributed by atoms with E-state index in [0.717, 1.165) is 22.3 Å². The van der Waals surface area contributed by atoms with Gasteiger partial charge in [-0.25, -0.2) is 0 Å². The maximum Gasteiger partial charge on any atom is 0.131 e. The molecule has 102 valence electrons. The maximum atomic E-state index is 10.8. The average molecular weight is 272 g/mol. The minimum absolute atomic E-state index is 0.299. The van der Waals surface area contributed by atoms with Gasteiger partial charge in [-0.3, -0.25) is 0 Å². The van der Waals surface area contributed by atoms with Crippen molar-refractivity contribution in [2.75, 3.05) is 0 Å². The highest BCUT2D eigenvalue weighted by Crippen LogP contribution is 2.30. The molecule has 0 aromatic heterocycles. The first-order valence-corrected chi connectivity index (χ1v) is 6.96. The van der Waals surface area contributed by atoms with Gasteiger partial charge in [-0.2, -0.15) is 0 Å². The Kier molecular flexibility index (Phi) is 3.83. The Morgan fingerprint density at radius 3 is 1.19 bits per heavy atom. The summed E-state index contributed by atoms with van der Waals surface area (Å²) in [5.41, 5.74) is 3.68. The van der Waals surface area contributed by atoms with Gasteiger partial charge >= 0.3 is 0 Å². The van der Waals surface area contributed by atoms with Crippen molar-refractivity contribution in [3.63, 3.8) is 0 Å². The van der Waals surface area contributed by atoms with Crippen LogP contribution >= 0.6 is 0 Å². The van der Waals surface area contributed by atoms with Crippen LogP contribution in [0.5, 0.6) is 0 Å². The van der Waals surface area contributed by atoms with Crippen LogP contribution in [-0.2, 0) is 0 Å². The number of aliphatic hydroxyl groups is 1. The summed E-state index contributed by atoms with van der Waals surface area (Å²) < 4.78 is 0. The monoisotopic (exact) mass is 272 g/mol. The van der Waals surface area contributed by atoms with E-state index < -0.39 is 0 Å². The highest BCUT2D eigenvalue weighted by Gasteiger charge is 2.12.